The molecule has 13 nitrogen and oxygen atoms in total. The number of phenolic OH excluding ortho intramolecular Hbond substituents is 2. The Morgan fingerprint density at radius 2 is 1.51 bits per heavy atom. The fourth-order valence-electron chi connectivity index (χ4n) is 5.39. The van der Waals surface area contributed by atoms with E-state index in [1.54, 1.807) is 0 Å². The quantitative estimate of drug-likeness (QED) is 0.198. The summed E-state index contributed by atoms with van der Waals surface area (Å²) in [5.41, 5.74) is -3.95. The summed E-state index contributed by atoms with van der Waals surface area (Å²) in [7, 11) is 0. The van der Waals surface area contributed by atoms with E-state index in [0.717, 1.165) is 6.92 Å². The first-order valence-electron chi connectivity index (χ1n) is 11.9. The van der Waals surface area contributed by atoms with Gasteiger partial charge in [-0.25, -0.2) is 4.79 Å². The van der Waals surface area contributed by atoms with Gasteiger partial charge < -0.3 is 45.2 Å². The lowest BCUT2D eigenvalue weighted by molar-refractivity contribution is -0.308. The van der Waals surface area contributed by atoms with Crippen molar-refractivity contribution < 1.29 is 64.4 Å². The number of rotatable bonds is 4. The third-order valence-corrected chi connectivity index (χ3v) is 7.54. The van der Waals surface area contributed by atoms with Gasteiger partial charge in [0.25, 0.3) is 0 Å². The smallest absolute Gasteiger partial charge is 0.335 e. The molecule has 1 heterocycles. The number of hydrogen-bond acceptors (Lipinski definition) is 12. The van der Waals surface area contributed by atoms with Crippen molar-refractivity contribution in [3.63, 3.8) is 0 Å². The van der Waals surface area contributed by atoms with E-state index in [0.29, 0.717) is 0 Å². The first kappa shape index (κ1) is 26.9. The summed E-state index contributed by atoms with van der Waals surface area (Å²) < 4.78 is 10.8. The summed E-state index contributed by atoms with van der Waals surface area (Å²) in [5.74, 6) is -5.61. The van der Waals surface area contributed by atoms with Gasteiger partial charge in [0.05, 0.1) is 17.2 Å². The number of aliphatic carboxylic acids is 1. The molecule has 3 aliphatic rings. The summed E-state index contributed by atoms with van der Waals surface area (Å²) in [4.78, 5) is 50.6. The van der Waals surface area contributed by atoms with Crippen LogP contribution < -0.4 is 0 Å². The third kappa shape index (κ3) is 3.93. The van der Waals surface area contributed by atoms with Crippen LogP contribution in [-0.4, -0.2) is 95.4 Å². The molecule has 0 spiro atoms. The second-order valence-electron chi connectivity index (χ2n) is 9.87. The van der Waals surface area contributed by atoms with Crippen LogP contribution in [-0.2, 0) is 25.5 Å². The number of aliphatic hydroxyl groups is 4. The molecule has 0 amide bonds. The Bertz CT molecular complexity index is 1430. The average Bonchev–Trinajstić information content (AvgIpc) is 2.89. The zero-order valence-electron chi connectivity index (χ0n) is 20.3. The van der Waals surface area contributed by atoms with Gasteiger partial charge in [0.15, 0.2) is 29.7 Å². The van der Waals surface area contributed by atoms with Gasteiger partial charge in [-0.15, -0.1) is 0 Å². The van der Waals surface area contributed by atoms with Gasteiger partial charge in [-0.3, -0.25) is 14.4 Å². The number of carboxylic acid groups (broad SMARTS) is 1. The van der Waals surface area contributed by atoms with E-state index in [1.165, 1.54) is 24.3 Å². The van der Waals surface area contributed by atoms with Gasteiger partial charge in [-0.2, -0.15) is 0 Å². The summed E-state index contributed by atoms with van der Waals surface area (Å²) in [5, 5.41) is 73.5. The minimum absolute atomic E-state index is 0.0268. The summed E-state index contributed by atoms with van der Waals surface area (Å²) >= 11 is 0. The number of aromatic hydroxyl groups is 2. The van der Waals surface area contributed by atoms with Crippen LogP contribution in [0.2, 0.25) is 0 Å². The molecule has 0 saturated carbocycles. The first-order valence-corrected chi connectivity index (χ1v) is 11.9. The van der Waals surface area contributed by atoms with Crippen molar-refractivity contribution in [2.24, 2.45) is 0 Å². The van der Waals surface area contributed by atoms with E-state index in [9.17, 15) is 54.9 Å². The number of carbonyl (C=O) groups is 4. The van der Waals surface area contributed by atoms with Crippen molar-refractivity contribution >= 4 is 23.3 Å². The normalized spacial score (nSPS) is 31.7. The molecule has 0 unspecified atom stereocenters. The van der Waals surface area contributed by atoms with Crippen LogP contribution >= 0.6 is 0 Å². The number of carboxylic acids is 1. The Balaban J connectivity index is 1.67. The average molecular weight is 544 g/mol. The summed E-state index contributed by atoms with van der Waals surface area (Å²) in [6, 6.07) is 5.74. The number of ketones is 3. The molecule has 206 valence electrons. The van der Waals surface area contributed by atoms with Crippen molar-refractivity contribution in [3.8, 4) is 11.5 Å². The Hall–Kier alpha value is -3.72. The molecule has 5 rings (SSSR count). The zero-order chi connectivity index (χ0) is 28.5. The van der Waals surface area contributed by atoms with Gasteiger partial charge in [-0.1, -0.05) is 24.3 Å². The maximum Gasteiger partial charge on any atom is 0.335 e. The maximum absolute atomic E-state index is 13.3. The zero-order valence-corrected chi connectivity index (χ0v) is 20.3. The highest BCUT2D eigenvalue weighted by Crippen LogP contribution is 2.52. The molecule has 1 saturated heterocycles. The van der Waals surface area contributed by atoms with Crippen LogP contribution in [0.25, 0.3) is 0 Å². The Kier molecular flexibility index (Phi) is 6.33. The largest absolute Gasteiger partial charge is 0.507 e. The van der Waals surface area contributed by atoms with E-state index >= 15 is 0 Å². The second-order valence-corrected chi connectivity index (χ2v) is 9.87. The second kappa shape index (κ2) is 9.19. The lowest BCUT2D eigenvalue weighted by Gasteiger charge is -2.43. The van der Waals surface area contributed by atoms with Crippen molar-refractivity contribution in [2.45, 2.75) is 62.2 Å². The highest BCUT2D eigenvalue weighted by atomic mass is 16.7. The van der Waals surface area contributed by atoms with E-state index in [1.807, 2.05) is 0 Å². The molecule has 39 heavy (non-hydrogen) atoms. The standard InChI is InChI=1S/C26H24O13/c1-8(27)26(37)6-11-13(12(7-26)38-25-22(34)20(32)21(33)23(39-25)24(35)36)19(31)15-14(18(11)30)16(28)9-4-2-3-5-10(9)17(15)29/h2-5,12,20-23,25,30-34,37H,6-7H2,1H3,(H,35,36)/t12-,20-,21-,22+,23-,25+,26-/m0/s1. The molecule has 0 aromatic heterocycles. The van der Waals surface area contributed by atoms with Crippen molar-refractivity contribution in [1.82, 2.24) is 0 Å². The molecule has 13 heteroatoms. The van der Waals surface area contributed by atoms with Gasteiger partial charge in [0.1, 0.15) is 35.4 Å². The Labute approximate surface area is 219 Å². The van der Waals surface area contributed by atoms with Crippen LogP contribution in [0.1, 0.15) is 62.4 Å². The number of phenols is 2. The van der Waals surface area contributed by atoms with E-state index in [4.69, 9.17) is 9.47 Å². The molecule has 7 atom stereocenters. The molecule has 2 aromatic carbocycles. The number of carbonyl (C=O) groups excluding carboxylic acids is 3. The molecule has 1 fully saturated rings. The van der Waals surface area contributed by atoms with Crippen LogP contribution in [0.4, 0.5) is 0 Å². The molecule has 1 aliphatic heterocycles. The molecule has 0 radical (unpaired) electrons. The fourth-order valence-corrected chi connectivity index (χ4v) is 5.39. The molecule has 2 aliphatic carbocycles. The van der Waals surface area contributed by atoms with Crippen molar-refractivity contribution in [2.75, 3.05) is 0 Å². The number of hydrogen-bond donors (Lipinski definition) is 7. The van der Waals surface area contributed by atoms with E-state index < -0.39 is 101 Å². The molecule has 0 bridgehead atoms. The lowest BCUT2D eigenvalue weighted by Crippen LogP contribution is -2.60. The van der Waals surface area contributed by atoms with E-state index in [-0.39, 0.29) is 22.3 Å². The van der Waals surface area contributed by atoms with Crippen LogP contribution in [0.15, 0.2) is 24.3 Å². The van der Waals surface area contributed by atoms with Gasteiger partial charge in [-0.05, 0) is 6.92 Å². The summed E-state index contributed by atoms with van der Waals surface area (Å²) in [6.07, 6.45) is -12.9. The minimum Gasteiger partial charge on any atom is -0.507 e. The van der Waals surface area contributed by atoms with E-state index in [2.05, 4.69) is 0 Å². The first-order chi connectivity index (χ1) is 18.3. The third-order valence-electron chi connectivity index (χ3n) is 7.54. The lowest BCUT2D eigenvalue weighted by atomic mass is 9.72. The highest BCUT2D eigenvalue weighted by molar-refractivity contribution is 6.30. The predicted octanol–water partition coefficient (Wildman–Crippen LogP) is -0.911. The van der Waals surface area contributed by atoms with Gasteiger partial charge >= 0.3 is 5.97 Å². The molecular formula is C26H24O13. The number of Topliss-reactive ketones (excluding diaryl/α,β-unsaturated/α-hetero) is 1. The van der Waals surface area contributed by atoms with Crippen molar-refractivity contribution in [3.05, 3.63) is 57.6 Å². The number of aliphatic hydroxyl groups excluding tert-OH is 3. The summed E-state index contributed by atoms with van der Waals surface area (Å²) in [6.45, 7) is 1.05. The Morgan fingerprint density at radius 3 is 2.05 bits per heavy atom. The van der Waals surface area contributed by atoms with Crippen LogP contribution in [0.3, 0.4) is 0 Å². The number of ether oxygens (including phenoxy) is 2. The number of fused-ring (bicyclic) bond motifs is 3. The van der Waals surface area contributed by atoms with Gasteiger partial charge in [0, 0.05) is 35.1 Å². The Morgan fingerprint density at radius 1 is 0.949 bits per heavy atom. The van der Waals surface area contributed by atoms with Crippen molar-refractivity contribution in [1.29, 1.82) is 0 Å². The monoisotopic (exact) mass is 544 g/mol. The highest BCUT2D eigenvalue weighted by Gasteiger charge is 2.52. The SMILES string of the molecule is CC(=O)[C@]1(O)Cc2c(O)c3c(c(O)c2[C@@H](O[C@@H]2O[C@H](C(=O)O)[C@@H](O)[C@H](O)[C@H]2O)C1)C(=O)c1ccccc1C3=O. The molecular weight excluding hydrogens is 520 g/mol. The number of benzene rings is 2. The van der Waals surface area contributed by atoms with Gasteiger partial charge in [0.2, 0.25) is 0 Å². The topological polar surface area (TPSA) is 228 Å². The predicted molar refractivity (Wildman–Crippen MR) is 125 cm³/mol. The minimum atomic E-state index is -2.22. The fraction of sp³-hybridized carbons (Fsp3) is 0.385. The maximum atomic E-state index is 13.3. The molecule has 2 aromatic rings. The van der Waals surface area contributed by atoms with Crippen LogP contribution in [0, 0.1) is 0 Å². The van der Waals surface area contributed by atoms with Crippen LogP contribution in [0.5, 0.6) is 11.5 Å². The molecule has 7 N–H and O–H groups in total.